The van der Waals surface area contributed by atoms with Crippen LogP contribution in [0.1, 0.15) is 0 Å². The van der Waals surface area contributed by atoms with Gasteiger partial charge in [0.15, 0.2) is 0 Å². The Kier molecular flexibility index (Phi) is 3.80. The van der Waals surface area contributed by atoms with Gasteiger partial charge in [0.25, 0.3) is 0 Å². The van der Waals surface area contributed by atoms with Crippen molar-refractivity contribution >= 4 is 43.2 Å². The molecule has 0 aromatic heterocycles. The van der Waals surface area contributed by atoms with Crippen LogP contribution in [-0.4, -0.2) is 20.7 Å². The van der Waals surface area contributed by atoms with Gasteiger partial charge in [0.2, 0.25) is 10.0 Å². The number of sulfonamides is 1. The van der Waals surface area contributed by atoms with Gasteiger partial charge in [-0.1, -0.05) is 15.9 Å². The molecule has 0 spiro atoms. The molecule has 0 heterocycles. The summed E-state index contributed by atoms with van der Waals surface area (Å²) < 4.78 is 24.8. The summed E-state index contributed by atoms with van der Waals surface area (Å²) in [5.41, 5.74) is 0.592. The number of halogens is 2. The van der Waals surface area contributed by atoms with E-state index in [0.29, 0.717) is 5.69 Å². The second kappa shape index (κ2) is 4.51. The molecule has 0 bridgehead atoms. The number of nitrogens with zero attached hydrogens (tertiary/aromatic N) is 1. The summed E-state index contributed by atoms with van der Waals surface area (Å²) in [5.74, 6) is 0. The Hall–Kier alpha value is -0.260. The maximum atomic E-state index is 11.4. The zero-order valence-electron chi connectivity index (χ0n) is 7.44. The van der Waals surface area contributed by atoms with Crippen molar-refractivity contribution in [2.45, 2.75) is 0 Å². The van der Waals surface area contributed by atoms with E-state index in [9.17, 15) is 8.42 Å². The highest BCUT2D eigenvalue weighted by atomic mass is 79.9. The Morgan fingerprint density at radius 3 is 2.29 bits per heavy atom. The molecule has 0 amide bonds. The fourth-order valence-electron chi connectivity index (χ4n) is 0.885. The first-order valence-corrected chi connectivity index (χ1v) is 6.69. The molecule has 0 aliphatic rings. The van der Waals surface area contributed by atoms with Gasteiger partial charge in [0, 0.05) is 11.5 Å². The minimum absolute atomic E-state index is 0.417. The summed E-state index contributed by atoms with van der Waals surface area (Å²) in [6.45, 7) is 0. The summed E-state index contributed by atoms with van der Waals surface area (Å²) in [4.78, 5) is 0. The fraction of sp³-hybridized carbons (Fsp3) is 0.250. The van der Waals surface area contributed by atoms with Crippen molar-refractivity contribution in [3.05, 3.63) is 28.7 Å². The van der Waals surface area contributed by atoms with Crippen molar-refractivity contribution in [3.8, 4) is 0 Å². The number of benzene rings is 1. The molecule has 0 aliphatic carbocycles. The smallest absolute Gasteiger partial charge is 0.248 e. The van der Waals surface area contributed by atoms with Gasteiger partial charge < -0.3 is 0 Å². The lowest BCUT2D eigenvalue weighted by atomic mass is 10.3. The van der Waals surface area contributed by atoms with Gasteiger partial charge in [-0.05, 0) is 24.3 Å². The van der Waals surface area contributed by atoms with Crippen LogP contribution >= 0.6 is 27.5 Å². The predicted octanol–water partition coefficient (Wildman–Crippen LogP) is 2.41. The van der Waals surface area contributed by atoms with E-state index in [2.05, 4.69) is 15.9 Å². The van der Waals surface area contributed by atoms with E-state index < -0.39 is 15.2 Å². The highest BCUT2D eigenvalue weighted by Crippen LogP contribution is 2.19. The van der Waals surface area contributed by atoms with Crippen molar-refractivity contribution in [2.24, 2.45) is 0 Å². The molecule has 1 rings (SSSR count). The van der Waals surface area contributed by atoms with Crippen LogP contribution in [0.25, 0.3) is 0 Å². The zero-order chi connectivity index (χ0) is 10.8. The van der Waals surface area contributed by atoms with Gasteiger partial charge in [0.1, 0.15) is 5.21 Å². The zero-order valence-corrected chi connectivity index (χ0v) is 10.6. The minimum atomic E-state index is -3.38. The second-order valence-electron chi connectivity index (χ2n) is 2.66. The summed E-state index contributed by atoms with van der Waals surface area (Å²) in [5, 5.41) is -0.417. The molecule has 0 saturated carbocycles. The second-order valence-corrected chi connectivity index (χ2v) is 6.17. The summed E-state index contributed by atoms with van der Waals surface area (Å²) >= 11 is 8.60. The van der Waals surface area contributed by atoms with E-state index >= 15 is 0 Å². The van der Waals surface area contributed by atoms with Crippen LogP contribution in [0.2, 0.25) is 0 Å². The molecule has 0 atom stereocenters. The first-order chi connectivity index (χ1) is 6.47. The third-order valence-corrected chi connectivity index (χ3v) is 4.42. The Morgan fingerprint density at radius 2 is 1.86 bits per heavy atom. The lowest BCUT2D eigenvalue weighted by Gasteiger charge is -2.17. The van der Waals surface area contributed by atoms with Crippen molar-refractivity contribution in [1.82, 2.24) is 0 Å². The minimum Gasteiger partial charge on any atom is -0.272 e. The first kappa shape index (κ1) is 11.8. The molecule has 1 aromatic carbocycles. The topological polar surface area (TPSA) is 37.4 Å². The third-order valence-electron chi connectivity index (χ3n) is 1.75. The van der Waals surface area contributed by atoms with E-state index in [1.807, 2.05) is 0 Å². The molecule has 0 fully saturated rings. The van der Waals surface area contributed by atoms with Crippen LogP contribution in [0, 0.1) is 0 Å². The predicted molar refractivity (Wildman–Crippen MR) is 62.2 cm³/mol. The van der Waals surface area contributed by atoms with Crippen LogP contribution < -0.4 is 4.31 Å². The van der Waals surface area contributed by atoms with Gasteiger partial charge in [-0.3, -0.25) is 4.31 Å². The van der Waals surface area contributed by atoms with E-state index in [0.717, 1.165) is 8.78 Å². The van der Waals surface area contributed by atoms with Crippen LogP contribution in [0.3, 0.4) is 0 Å². The highest BCUT2D eigenvalue weighted by molar-refractivity contribution is 9.10. The first-order valence-electron chi connectivity index (χ1n) is 3.75. The van der Waals surface area contributed by atoms with E-state index in [-0.39, 0.29) is 0 Å². The SMILES string of the molecule is CN(c1ccc(Br)cc1)S(=O)(=O)CCl. The average molecular weight is 299 g/mol. The van der Waals surface area contributed by atoms with Gasteiger partial charge in [-0.15, -0.1) is 11.6 Å². The van der Waals surface area contributed by atoms with Crippen LogP contribution in [-0.2, 0) is 10.0 Å². The van der Waals surface area contributed by atoms with E-state index in [4.69, 9.17) is 11.6 Å². The number of alkyl halides is 1. The molecule has 0 unspecified atom stereocenters. The normalized spacial score (nSPS) is 11.4. The maximum absolute atomic E-state index is 11.4. The maximum Gasteiger partial charge on any atom is 0.248 e. The van der Waals surface area contributed by atoms with Gasteiger partial charge in [-0.25, -0.2) is 8.42 Å². The lowest BCUT2D eigenvalue weighted by molar-refractivity contribution is 0.599. The van der Waals surface area contributed by atoms with Crippen molar-refractivity contribution in [2.75, 3.05) is 16.6 Å². The molecule has 3 nitrogen and oxygen atoms in total. The molecule has 0 aliphatic heterocycles. The van der Waals surface area contributed by atoms with Crippen molar-refractivity contribution in [3.63, 3.8) is 0 Å². The quantitative estimate of drug-likeness (QED) is 0.804. The summed E-state index contributed by atoms with van der Waals surface area (Å²) in [7, 11) is -1.91. The summed E-state index contributed by atoms with van der Waals surface area (Å²) in [6.07, 6.45) is 0. The summed E-state index contributed by atoms with van der Waals surface area (Å²) in [6, 6.07) is 6.95. The van der Waals surface area contributed by atoms with Gasteiger partial charge in [0.05, 0.1) is 5.69 Å². The molecule has 0 N–H and O–H groups in total. The molecular weight excluding hydrogens is 290 g/mol. The van der Waals surface area contributed by atoms with Crippen LogP contribution in [0.4, 0.5) is 5.69 Å². The molecule has 0 radical (unpaired) electrons. The Bertz CT molecular complexity index is 404. The lowest BCUT2D eigenvalue weighted by Crippen LogP contribution is -2.27. The number of anilines is 1. The van der Waals surface area contributed by atoms with E-state index in [1.165, 1.54) is 7.05 Å². The number of hydrogen-bond donors (Lipinski definition) is 0. The highest BCUT2D eigenvalue weighted by Gasteiger charge is 2.16. The molecule has 14 heavy (non-hydrogen) atoms. The molecule has 1 aromatic rings. The standard InChI is InChI=1S/C8H9BrClNO2S/c1-11(14(12,13)6-10)8-4-2-7(9)3-5-8/h2-5H,6H2,1H3. The Balaban J connectivity index is 3.01. The van der Waals surface area contributed by atoms with E-state index in [1.54, 1.807) is 24.3 Å². The van der Waals surface area contributed by atoms with Crippen LogP contribution in [0.5, 0.6) is 0 Å². The van der Waals surface area contributed by atoms with Gasteiger partial charge >= 0.3 is 0 Å². The number of rotatable bonds is 3. The number of hydrogen-bond acceptors (Lipinski definition) is 2. The third kappa shape index (κ3) is 2.62. The Labute approximate surface area is 96.9 Å². The van der Waals surface area contributed by atoms with Crippen molar-refractivity contribution < 1.29 is 8.42 Å². The fourth-order valence-corrected chi connectivity index (χ4v) is 2.18. The average Bonchev–Trinajstić information content (AvgIpc) is 2.18. The molecule has 0 saturated heterocycles. The van der Waals surface area contributed by atoms with Crippen LogP contribution in [0.15, 0.2) is 28.7 Å². The molecular formula is C8H9BrClNO2S. The largest absolute Gasteiger partial charge is 0.272 e. The monoisotopic (exact) mass is 297 g/mol. The Morgan fingerprint density at radius 1 is 1.36 bits per heavy atom. The molecule has 78 valence electrons. The molecule has 6 heteroatoms. The van der Waals surface area contributed by atoms with Crippen molar-refractivity contribution in [1.29, 1.82) is 0 Å². The van der Waals surface area contributed by atoms with Gasteiger partial charge in [-0.2, -0.15) is 0 Å².